The van der Waals surface area contributed by atoms with E-state index in [0.717, 1.165) is 6.42 Å². The molecule has 5 N–H and O–H groups in total. The van der Waals surface area contributed by atoms with Crippen molar-refractivity contribution in [2.24, 2.45) is 11.7 Å². The number of carboxylic acid groups (broad SMARTS) is 1. The largest absolute Gasteiger partial charge is 0.480 e. The van der Waals surface area contributed by atoms with Crippen LogP contribution in [0, 0.1) is 5.92 Å². The van der Waals surface area contributed by atoms with Gasteiger partial charge in [-0.1, -0.05) is 0 Å². The van der Waals surface area contributed by atoms with Gasteiger partial charge in [0.1, 0.15) is 6.04 Å². The van der Waals surface area contributed by atoms with Crippen LogP contribution in [0.5, 0.6) is 0 Å². The van der Waals surface area contributed by atoms with E-state index in [-0.39, 0.29) is 18.8 Å². The van der Waals surface area contributed by atoms with Gasteiger partial charge in [-0.2, -0.15) is 0 Å². The summed E-state index contributed by atoms with van der Waals surface area (Å²) in [5.74, 6) is -1.53. The Hall–Kier alpha value is -1.83. The Morgan fingerprint density at radius 2 is 2.16 bits per heavy atom. The Morgan fingerprint density at radius 3 is 2.68 bits per heavy atom. The minimum Gasteiger partial charge on any atom is -0.480 e. The van der Waals surface area contributed by atoms with Gasteiger partial charge in [0.2, 0.25) is 5.91 Å². The summed E-state index contributed by atoms with van der Waals surface area (Å²) in [6.45, 7) is 1.72. The molecule has 0 aromatic rings. The number of carbonyl (C=O) groups is 3. The number of amides is 3. The summed E-state index contributed by atoms with van der Waals surface area (Å²) in [5, 5.41) is 13.8. The molecule has 1 rings (SSSR count). The van der Waals surface area contributed by atoms with E-state index in [0.29, 0.717) is 19.8 Å². The van der Waals surface area contributed by atoms with E-state index in [1.165, 1.54) is 0 Å². The number of hydrogen-bond acceptors (Lipinski definition) is 4. The molecule has 8 heteroatoms. The van der Waals surface area contributed by atoms with Crippen LogP contribution in [0.1, 0.15) is 19.3 Å². The van der Waals surface area contributed by atoms with Crippen LogP contribution in [0.2, 0.25) is 0 Å². The highest BCUT2D eigenvalue weighted by atomic mass is 16.5. The van der Waals surface area contributed by atoms with Gasteiger partial charge >= 0.3 is 12.0 Å². The molecule has 108 valence electrons. The van der Waals surface area contributed by atoms with Gasteiger partial charge < -0.3 is 26.2 Å². The van der Waals surface area contributed by atoms with Crippen LogP contribution in [0.25, 0.3) is 0 Å². The molecule has 0 saturated carbocycles. The van der Waals surface area contributed by atoms with Gasteiger partial charge in [0.25, 0.3) is 0 Å². The lowest BCUT2D eigenvalue weighted by Crippen LogP contribution is -2.47. The minimum absolute atomic E-state index is 0.0232. The highest BCUT2D eigenvalue weighted by Crippen LogP contribution is 2.10. The van der Waals surface area contributed by atoms with Crippen molar-refractivity contribution in [3.05, 3.63) is 0 Å². The molecule has 0 aliphatic carbocycles. The van der Waals surface area contributed by atoms with E-state index in [1.54, 1.807) is 0 Å². The van der Waals surface area contributed by atoms with Crippen molar-refractivity contribution >= 4 is 17.9 Å². The summed E-state index contributed by atoms with van der Waals surface area (Å²) < 4.78 is 5.16. The summed E-state index contributed by atoms with van der Waals surface area (Å²) in [6, 6.07) is -1.68. The maximum Gasteiger partial charge on any atom is 0.326 e. The zero-order valence-electron chi connectivity index (χ0n) is 10.6. The number of carbonyl (C=O) groups excluding carboxylic acids is 2. The Balaban J connectivity index is 2.29. The number of nitrogens with two attached hydrogens (primary N) is 1. The molecule has 3 amide bonds. The molecule has 2 atom stereocenters. The average molecular weight is 273 g/mol. The molecule has 8 nitrogen and oxygen atoms in total. The van der Waals surface area contributed by atoms with Crippen molar-refractivity contribution < 1.29 is 24.2 Å². The normalized spacial score (nSPS) is 19.7. The number of aliphatic carboxylic acids is 1. The van der Waals surface area contributed by atoms with E-state index >= 15 is 0 Å². The van der Waals surface area contributed by atoms with Gasteiger partial charge in [-0.05, 0) is 12.8 Å². The molecule has 0 spiro atoms. The summed E-state index contributed by atoms with van der Waals surface area (Å²) in [6.07, 6.45) is 0.767. The Bertz CT molecular complexity index is 341. The van der Waals surface area contributed by atoms with Gasteiger partial charge in [0.15, 0.2) is 0 Å². The first-order valence-corrected chi connectivity index (χ1v) is 6.12. The van der Waals surface area contributed by atoms with Gasteiger partial charge in [0.05, 0.1) is 6.61 Å². The molecule has 0 radical (unpaired) electrons. The summed E-state index contributed by atoms with van der Waals surface area (Å²) in [7, 11) is 0. The van der Waals surface area contributed by atoms with Crippen LogP contribution in [0.15, 0.2) is 0 Å². The van der Waals surface area contributed by atoms with Gasteiger partial charge in [-0.25, -0.2) is 9.59 Å². The maximum atomic E-state index is 11.5. The third kappa shape index (κ3) is 6.05. The van der Waals surface area contributed by atoms with E-state index in [4.69, 9.17) is 15.6 Å². The topological polar surface area (TPSA) is 131 Å². The van der Waals surface area contributed by atoms with Crippen molar-refractivity contribution in [2.75, 3.05) is 19.8 Å². The predicted octanol–water partition coefficient (Wildman–Crippen LogP) is -0.959. The zero-order valence-corrected chi connectivity index (χ0v) is 10.6. The van der Waals surface area contributed by atoms with Crippen LogP contribution in [0.4, 0.5) is 4.79 Å². The van der Waals surface area contributed by atoms with Crippen LogP contribution < -0.4 is 16.4 Å². The lowest BCUT2D eigenvalue weighted by atomic mass is 10.1. The zero-order chi connectivity index (χ0) is 14.3. The highest BCUT2D eigenvalue weighted by Gasteiger charge is 2.21. The molecule has 0 aromatic heterocycles. The molecule has 1 aliphatic rings. The fraction of sp³-hybridized carbons (Fsp3) is 0.727. The molecule has 1 saturated heterocycles. The molecule has 1 fully saturated rings. The van der Waals surface area contributed by atoms with Crippen molar-refractivity contribution in [1.29, 1.82) is 0 Å². The van der Waals surface area contributed by atoms with Crippen molar-refractivity contribution in [3.8, 4) is 0 Å². The summed E-state index contributed by atoms with van der Waals surface area (Å²) in [5.41, 5.74) is 4.94. The quantitative estimate of drug-likeness (QED) is 0.474. The van der Waals surface area contributed by atoms with E-state index in [2.05, 4.69) is 10.6 Å². The second-order valence-corrected chi connectivity index (χ2v) is 4.48. The van der Waals surface area contributed by atoms with Crippen LogP contribution in [0.3, 0.4) is 0 Å². The van der Waals surface area contributed by atoms with Crippen LogP contribution >= 0.6 is 0 Å². The molecular formula is C11H19N3O5. The fourth-order valence-electron chi connectivity index (χ4n) is 1.73. The molecular weight excluding hydrogens is 254 g/mol. The number of nitrogens with one attached hydrogen (secondary N) is 2. The van der Waals surface area contributed by atoms with Crippen LogP contribution in [-0.4, -0.2) is 48.8 Å². The number of hydrogen-bond donors (Lipinski definition) is 4. The molecule has 1 unspecified atom stereocenters. The van der Waals surface area contributed by atoms with E-state index in [9.17, 15) is 14.4 Å². The van der Waals surface area contributed by atoms with E-state index in [1.807, 2.05) is 0 Å². The molecule has 0 aromatic carbocycles. The molecule has 1 aliphatic heterocycles. The number of carboxylic acids is 1. The first-order valence-electron chi connectivity index (χ1n) is 6.12. The number of rotatable bonds is 7. The molecule has 1 heterocycles. The minimum atomic E-state index is -1.19. The summed E-state index contributed by atoms with van der Waals surface area (Å²) >= 11 is 0. The Labute approximate surface area is 110 Å². The first-order chi connectivity index (χ1) is 8.99. The van der Waals surface area contributed by atoms with Gasteiger partial charge in [-0.3, -0.25) is 4.79 Å². The smallest absolute Gasteiger partial charge is 0.326 e. The predicted molar refractivity (Wildman–Crippen MR) is 65.3 cm³/mol. The third-order valence-corrected chi connectivity index (χ3v) is 2.86. The average Bonchev–Trinajstić information content (AvgIpc) is 2.84. The van der Waals surface area contributed by atoms with Crippen molar-refractivity contribution in [3.63, 3.8) is 0 Å². The third-order valence-electron chi connectivity index (χ3n) is 2.86. The Kier molecular flexibility index (Phi) is 6.07. The van der Waals surface area contributed by atoms with Crippen molar-refractivity contribution in [2.45, 2.75) is 25.3 Å². The molecule has 19 heavy (non-hydrogen) atoms. The van der Waals surface area contributed by atoms with Crippen LogP contribution in [-0.2, 0) is 14.3 Å². The number of urea groups is 1. The lowest BCUT2D eigenvalue weighted by Gasteiger charge is -2.15. The fourth-order valence-corrected chi connectivity index (χ4v) is 1.73. The first kappa shape index (κ1) is 15.2. The van der Waals surface area contributed by atoms with Crippen molar-refractivity contribution in [1.82, 2.24) is 10.6 Å². The standard InChI is InChI=1S/C11H19N3O5/c12-9(15)2-1-8(10(16)17)14-11(18)13-5-7-3-4-19-6-7/h7-8H,1-6H2,(H2,12,15)(H,16,17)(H2,13,14,18)/t7?,8-/m0/s1. The maximum absolute atomic E-state index is 11.5. The second kappa shape index (κ2) is 7.57. The van der Waals surface area contributed by atoms with E-state index < -0.39 is 23.9 Å². The Morgan fingerprint density at radius 1 is 1.42 bits per heavy atom. The van der Waals surface area contributed by atoms with Gasteiger partial charge in [0, 0.05) is 25.5 Å². The SMILES string of the molecule is NC(=O)CC[C@H](NC(=O)NCC1CCOC1)C(=O)O. The lowest BCUT2D eigenvalue weighted by molar-refractivity contribution is -0.139. The number of primary amides is 1. The van der Waals surface area contributed by atoms with Gasteiger partial charge in [-0.15, -0.1) is 0 Å². The number of ether oxygens (including phenoxy) is 1. The second-order valence-electron chi connectivity index (χ2n) is 4.48. The summed E-state index contributed by atoms with van der Waals surface area (Å²) in [4.78, 5) is 33.0. The monoisotopic (exact) mass is 273 g/mol. The highest BCUT2D eigenvalue weighted by molar-refractivity contribution is 5.83. The molecule has 0 bridgehead atoms.